The molecule has 1 fully saturated rings. The first-order chi connectivity index (χ1) is 11.8. The zero-order chi connectivity index (χ0) is 18.2. The van der Waals surface area contributed by atoms with Gasteiger partial charge in [0.1, 0.15) is 11.4 Å². The number of hydrogen-bond donors (Lipinski definition) is 0. The number of hydrogen-bond acceptors (Lipinski definition) is 6. The van der Waals surface area contributed by atoms with Crippen LogP contribution in [0.5, 0.6) is 0 Å². The van der Waals surface area contributed by atoms with Crippen LogP contribution in [-0.2, 0) is 9.84 Å². The Balaban J connectivity index is 2.08. The third-order valence-electron chi connectivity index (χ3n) is 4.62. The van der Waals surface area contributed by atoms with Crippen molar-refractivity contribution < 1.29 is 17.8 Å². The maximum atomic E-state index is 11.7. The lowest BCUT2D eigenvalue weighted by Gasteiger charge is -2.38. The van der Waals surface area contributed by atoms with Gasteiger partial charge in [-0.2, -0.15) is 0 Å². The molecule has 0 N–H and O–H groups in total. The van der Waals surface area contributed by atoms with E-state index in [0.717, 1.165) is 30.9 Å². The third-order valence-corrected chi connectivity index (χ3v) is 5.73. The second kappa shape index (κ2) is 6.51. The highest BCUT2D eigenvalue weighted by molar-refractivity contribution is 7.90. The maximum absolute atomic E-state index is 11.7. The minimum Gasteiger partial charge on any atom is -0.467 e. The summed E-state index contributed by atoms with van der Waals surface area (Å²) in [6.07, 6.45) is 4.36. The van der Waals surface area contributed by atoms with E-state index in [1.807, 2.05) is 11.0 Å². The van der Waals surface area contributed by atoms with Gasteiger partial charge in [0.15, 0.2) is 9.84 Å². The average Bonchev–Trinajstić information content (AvgIpc) is 3.07. The Bertz CT molecular complexity index is 876. The summed E-state index contributed by atoms with van der Waals surface area (Å²) in [6, 6.07) is 7.65. The van der Waals surface area contributed by atoms with Gasteiger partial charge >= 0.3 is 0 Å². The van der Waals surface area contributed by atoms with E-state index in [1.54, 1.807) is 12.3 Å². The number of furan rings is 1. The Morgan fingerprint density at radius 2 is 2.08 bits per heavy atom. The smallest absolute Gasteiger partial charge is 0.293 e. The first-order valence-electron chi connectivity index (χ1n) is 8.06. The molecule has 1 aromatic carbocycles. The number of nitrogens with zero attached hydrogens (tertiary/aromatic N) is 2. The zero-order valence-electron chi connectivity index (χ0n) is 14.1. The lowest BCUT2D eigenvalue weighted by molar-refractivity contribution is -0.384. The fourth-order valence-corrected chi connectivity index (χ4v) is 3.94. The van der Waals surface area contributed by atoms with Crippen molar-refractivity contribution in [3.63, 3.8) is 0 Å². The molecular weight excluding hydrogens is 344 g/mol. The zero-order valence-corrected chi connectivity index (χ0v) is 14.9. The van der Waals surface area contributed by atoms with Gasteiger partial charge in [0.05, 0.1) is 22.1 Å². The molecule has 25 heavy (non-hydrogen) atoms. The van der Waals surface area contributed by atoms with Crippen LogP contribution in [-0.4, -0.2) is 26.1 Å². The molecule has 0 bridgehead atoms. The van der Waals surface area contributed by atoms with Crippen molar-refractivity contribution in [1.29, 1.82) is 0 Å². The summed E-state index contributed by atoms with van der Waals surface area (Å²) in [5, 5.41) is 11.6. The molecule has 0 saturated carbocycles. The van der Waals surface area contributed by atoms with Crippen LogP contribution in [0.25, 0.3) is 0 Å². The predicted molar refractivity (Wildman–Crippen MR) is 93.4 cm³/mol. The van der Waals surface area contributed by atoms with Crippen LogP contribution in [0.4, 0.5) is 11.4 Å². The van der Waals surface area contributed by atoms with Crippen molar-refractivity contribution in [2.45, 2.75) is 30.7 Å². The van der Waals surface area contributed by atoms with Crippen LogP contribution in [0.3, 0.4) is 0 Å². The van der Waals surface area contributed by atoms with Crippen LogP contribution in [0.15, 0.2) is 45.9 Å². The molecule has 1 aromatic heterocycles. The molecular formula is C17H20N2O5S. The van der Waals surface area contributed by atoms with Gasteiger partial charge in [-0.15, -0.1) is 0 Å². The Hall–Kier alpha value is -2.35. The standard InChI is InChI=1S/C17H20N2O5S/c1-12-7-8-18(16(10-12)17-4-3-9-24-17)14-6-5-13(25(2,22)23)11-15(14)19(20)21/h3-6,9,11-12,16H,7-8,10H2,1-2H3. The van der Waals surface area contributed by atoms with Gasteiger partial charge in [0, 0.05) is 18.9 Å². The van der Waals surface area contributed by atoms with E-state index in [4.69, 9.17) is 4.42 Å². The number of nitro groups is 1. The summed E-state index contributed by atoms with van der Waals surface area (Å²) in [7, 11) is -3.51. The fourth-order valence-electron chi connectivity index (χ4n) is 3.30. The molecule has 134 valence electrons. The van der Waals surface area contributed by atoms with Gasteiger partial charge < -0.3 is 9.32 Å². The van der Waals surface area contributed by atoms with Crippen molar-refractivity contribution in [3.05, 3.63) is 52.5 Å². The minimum atomic E-state index is -3.51. The summed E-state index contributed by atoms with van der Waals surface area (Å²) in [6.45, 7) is 2.79. The van der Waals surface area contributed by atoms with Crippen LogP contribution in [0.2, 0.25) is 0 Å². The number of benzene rings is 1. The third kappa shape index (κ3) is 3.53. The lowest BCUT2D eigenvalue weighted by atomic mass is 9.90. The van der Waals surface area contributed by atoms with Crippen molar-refractivity contribution in [2.24, 2.45) is 5.92 Å². The Morgan fingerprint density at radius 1 is 1.32 bits per heavy atom. The van der Waals surface area contributed by atoms with Gasteiger partial charge in [-0.05, 0) is 43.0 Å². The van der Waals surface area contributed by atoms with Gasteiger partial charge in [-0.25, -0.2) is 8.42 Å². The van der Waals surface area contributed by atoms with Crippen LogP contribution in [0.1, 0.15) is 31.6 Å². The van der Waals surface area contributed by atoms with E-state index in [9.17, 15) is 18.5 Å². The van der Waals surface area contributed by atoms with Gasteiger partial charge in [0.25, 0.3) is 5.69 Å². The quantitative estimate of drug-likeness (QED) is 0.608. The fraction of sp³-hybridized carbons (Fsp3) is 0.412. The van der Waals surface area contributed by atoms with Gasteiger partial charge in [-0.3, -0.25) is 10.1 Å². The second-order valence-corrected chi connectivity index (χ2v) is 8.55. The predicted octanol–water partition coefficient (Wildman–Crippen LogP) is 3.57. The molecule has 8 heteroatoms. The van der Waals surface area contributed by atoms with Crippen LogP contribution < -0.4 is 4.90 Å². The largest absolute Gasteiger partial charge is 0.467 e. The number of nitro benzene ring substituents is 1. The number of rotatable bonds is 4. The normalized spacial score (nSPS) is 21.3. The van der Waals surface area contributed by atoms with E-state index >= 15 is 0 Å². The minimum absolute atomic E-state index is 0.0529. The first kappa shape index (κ1) is 17.5. The van der Waals surface area contributed by atoms with Crippen molar-refractivity contribution in [3.8, 4) is 0 Å². The molecule has 2 heterocycles. The molecule has 2 aromatic rings. The molecule has 1 aliphatic rings. The highest BCUT2D eigenvalue weighted by atomic mass is 32.2. The number of anilines is 1. The van der Waals surface area contributed by atoms with E-state index in [0.29, 0.717) is 18.2 Å². The molecule has 0 aliphatic carbocycles. The maximum Gasteiger partial charge on any atom is 0.293 e. The summed E-state index contributed by atoms with van der Waals surface area (Å²) in [5.41, 5.74) is 0.222. The van der Waals surface area contributed by atoms with Crippen molar-refractivity contribution in [2.75, 3.05) is 17.7 Å². The molecule has 3 rings (SSSR count). The van der Waals surface area contributed by atoms with E-state index in [2.05, 4.69) is 6.92 Å². The summed E-state index contributed by atoms with van der Waals surface area (Å²) in [5.74, 6) is 1.23. The second-order valence-electron chi connectivity index (χ2n) is 6.53. The molecule has 2 atom stereocenters. The Morgan fingerprint density at radius 3 is 2.68 bits per heavy atom. The van der Waals surface area contributed by atoms with E-state index in [1.165, 1.54) is 12.1 Å². The summed E-state index contributed by atoms with van der Waals surface area (Å²) in [4.78, 5) is 12.9. The average molecular weight is 364 g/mol. The monoisotopic (exact) mass is 364 g/mol. The number of piperidine rings is 1. The highest BCUT2D eigenvalue weighted by Crippen LogP contribution is 2.41. The van der Waals surface area contributed by atoms with Gasteiger partial charge in [0.2, 0.25) is 0 Å². The SMILES string of the molecule is CC1CCN(c2ccc(S(C)(=O)=O)cc2[N+](=O)[O-])C(c2ccco2)C1. The van der Waals surface area contributed by atoms with Crippen molar-refractivity contribution >= 4 is 21.2 Å². The molecule has 1 saturated heterocycles. The first-order valence-corrected chi connectivity index (χ1v) is 9.95. The van der Waals surface area contributed by atoms with E-state index < -0.39 is 14.8 Å². The van der Waals surface area contributed by atoms with Gasteiger partial charge in [-0.1, -0.05) is 6.92 Å². The summed E-state index contributed by atoms with van der Waals surface area (Å²) >= 11 is 0. The topological polar surface area (TPSA) is 93.7 Å². The molecule has 0 spiro atoms. The lowest BCUT2D eigenvalue weighted by Crippen LogP contribution is -2.36. The van der Waals surface area contributed by atoms with Crippen LogP contribution >= 0.6 is 0 Å². The Labute approximate surface area is 146 Å². The molecule has 2 unspecified atom stereocenters. The molecule has 7 nitrogen and oxygen atoms in total. The molecule has 1 aliphatic heterocycles. The van der Waals surface area contributed by atoms with Crippen LogP contribution in [0, 0.1) is 16.0 Å². The Kier molecular flexibility index (Phi) is 4.55. The molecule has 0 amide bonds. The number of sulfone groups is 1. The highest BCUT2D eigenvalue weighted by Gasteiger charge is 2.33. The van der Waals surface area contributed by atoms with Crippen molar-refractivity contribution in [1.82, 2.24) is 0 Å². The van der Waals surface area contributed by atoms with E-state index in [-0.39, 0.29) is 16.6 Å². The molecule has 0 radical (unpaired) electrons. The summed E-state index contributed by atoms with van der Waals surface area (Å²) < 4.78 is 29.0.